The van der Waals surface area contributed by atoms with Crippen molar-refractivity contribution in [2.45, 2.75) is 71.2 Å². The van der Waals surface area contributed by atoms with Gasteiger partial charge < -0.3 is 15.2 Å². The Morgan fingerprint density at radius 1 is 1.30 bits per heavy atom. The van der Waals surface area contributed by atoms with Crippen LogP contribution < -0.4 is 10.1 Å². The van der Waals surface area contributed by atoms with Gasteiger partial charge in [0, 0.05) is 17.6 Å². The Kier molecular flexibility index (Phi) is 4.71. The van der Waals surface area contributed by atoms with Gasteiger partial charge in [0.1, 0.15) is 11.9 Å². The van der Waals surface area contributed by atoms with Gasteiger partial charge in [0.2, 0.25) is 0 Å². The molecular formula is C17H27NO2. The molecule has 3 nitrogen and oxygen atoms in total. The summed E-state index contributed by atoms with van der Waals surface area (Å²) in [7, 11) is 0. The van der Waals surface area contributed by atoms with Crippen LogP contribution in [-0.4, -0.2) is 22.9 Å². The predicted molar refractivity (Wildman–Crippen MR) is 82.0 cm³/mol. The number of rotatable bonds is 4. The molecule has 20 heavy (non-hydrogen) atoms. The maximum atomic E-state index is 9.95. The fraction of sp³-hybridized carbons (Fsp3) is 0.647. The van der Waals surface area contributed by atoms with E-state index in [1.165, 1.54) is 5.56 Å². The van der Waals surface area contributed by atoms with Crippen LogP contribution in [0.25, 0.3) is 0 Å². The largest absolute Gasteiger partial charge is 0.487 e. The first-order valence-electron chi connectivity index (χ1n) is 7.55. The Morgan fingerprint density at radius 3 is 2.65 bits per heavy atom. The van der Waals surface area contributed by atoms with E-state index in [2.05, 4.69) is 51.2 Å². The molecular weight excluding hydrogens is 250 g/mol. The van der Waals surface area contributed by atoms with Gasteiger partial charge in [-0.2, -0.15) is 0 Å². The molecule has 2 N–H and O–H groups in total. The monoisotopic (exact) mass is 277 g/mol. The summed E-state index contributed by atoms with van der Waals surface area (Å²) in [4.78, 5) is 0. The number of benzene rings is 1. The van der Waals surface area contributed by atoms with E-state index in [0.717, 1.165) is 37.1 Å². The van der Waals surface area contributed by atoms with Crippen molar-refractivity contribution in [3.8, 4) is 5.75 Å². The highest BCUT2D eigenvalue weighted by molar-refractivity contribution is 5.41. The summed E-state index contributed by atoms with van der Waals surface area (Å²) in [5.74, 6) is 0.940. The summed E-state index contributed by atoms with van der Waals surface area (Å²) in [6.45, 7) is 9.32. The number of nitrogens with one attached hydrogen (secondary N) is 1. The summed E-state index contributed by atoms with van der Waals surface area (Å²) in [5.41, 5.74) is 2.38. The minimum absolute atomic E-state index is 0.0514. The molecule has 0 amide bonds. The topological polar surface area (TPSA) is 41.5 Å². The zero-order chi connectivity index (χ0) is 14.8. The van der Waals surface area contributed by atoms with Gasteiger partial charge in [-0.3, -0.25) is 0 Å². The van der Waals surface area contributed by atoms with E-state index in [-0.39, 0.29) is 17.7 Å². The summed E-state index contributed by atoms with van der Waals surface area (Å²) in [5, 5.41) is 13.4. The number of hydrogen-bond donors (Lipinski definition) is 2. The average molecular weight is 277 g/mol. The molecule has 2 atom stereocenters. The number of ether oxygens (including phenoxy) is 1. The molecule has 0 radical (unpaired) electrons. The summed E-state index contributed by atoms with van der Waals surface area (Å²) in [6, 6.07) is 6.23. The van der Waals surface area contributed by atoms with Crippen molar-refractivity contribution in [3.63, 3.8) is 0 Å². The van der Waals surface area contributed by atoms with Crippen molar-refractivity contribution < 1.29 is 9.84 Å². The van der Waals surface area contributed by atoms with E-state index in [9.17, 15) is 5.11 Å². The third-order valence-electron chi connectivity index (χ3n) is 3.79. The van der Waals surface area contributed by atoms with E-state index in [1.807, 2.05) is 0 Å². The van der Waals surface area contributed by atoms with E-state index < -0.39 is 0 Å². The lowest BCUT2D eigenvalue weighted by Gasteiger charge is -2.24. The third-order valence-corrected chi connectivity index (χ3v) is 3.79. The van der Waals surface area contributed by atoms with E-state index in [0.29, 0.717) is 0 Å². The summed E-state index contributed by atoms with van der Waals surface area (Å²) < 4.78 is 6.12. The third kappa shape index (κ3) is 3.97. The number of aryl methyl sites for hydroxylation is 1. The van der Waals surface area contributed by atoms with Crippen LogP contribution in [0.2, 0.25) is 0 Å². The molecule has 1 aromatic carbocycles. The van der Waals surface area contributed by atoms with Crippen LogP contribution in [0, 0.1) is 6.92 Å². The number of hydrogen-bond acceptors (Lipinski definition) is 3. The molecule has 0 aliphatic heterocycles. The smallest absolute Gasteiger partial charge is 0.127 e. The van der Waals surface area contributed by atoms with Crippen molar-refractivity contribution >= 4 is 0 Å². The molecule has 112 valence electrons. The van der Waals surface area contributed by atoms with E-state index in [1.54, 1.807) is 0 Å². The number of aliphatic hydroxyl groups excluding tert-OH is 1. The van der Waals surface area contributed by atoms with Gasteiger partial charge in [0.15, 0.2) is 0 Å². The maximum absolute atomic E-state index is 9.95. The summed E-state index contributed by atoms with van der Waals surface area (Å²) >= 11 is 0. The molecule has 1 aliphatic carbocycles. The minimum atomic E-state index is -0.321. The predicted octanol–water partition coefficient (Wildman–Crippen LogP) is 3.18. The van der Waals surface area contributed by atoms with Crippen LogP contribution in [0.15, 0.2) is 18.2 Å². The van der Waals surface area contributed by atoms with Crippen LogP contribution in [0.3, 0.4) is 0 Å². The molecule has 0 saturated heterocycles. The Balaban J connectivity index is 2.13. The van der Waals surface area contributed by atoms with Crippen LogP contribution in [-0.2, 0) is 6.54 Å². The summed E-state index contributed by atoms with van der Waals surface area (Å²) in [6.07, 6.45) is 2.48. The van der Waals surface area contributed by atoms with Gasteiger partial charge >= 0.3 is 0 Å². The molecule has 1 aliphatic rings. The molecule has 1 saturated carbocycles. The number of aliphatic hydroxyl groups is 1. The van der Waals surface area contributed by atoms with Crippen molar-refractivity contribution in [3.05, 3.63) is 29.3 Å². The molecule has 0 bridgehead atoms. The molecule has 1 aromatic rings. The lowest BCUT2D eigenvalue weighted by atomic mass is 10.1. The number of para-hydroxylation sites is 1. The van der Waals surface area contributed by atoms with Crippen molar-refractivity contribution in [2.24, 2.45) is 0 Å². The Labute approximate surface area is 122 Å². The van der Waals surface area contributed by atoms with Crippen LogP contribution in [0.4, 0.5) is 0 Å². The van der Waals surface area contributed by atoms with Gasteiger partial charge in [0.05, 0.1) is 6.10 Å². The maximum Gasteiger partial charge on any atom is 0.127 e. The first kappa shape index (κ1) is 15.3. The fourth-order valence-corrected chi connectivity index (χ4v) is 2.58. The molecule has 2 unspecified atom stereocenters. The first-order chi connectivity index (χ1) is 9.37. The Morgan fingerprint density at radius 2 is 2.05 bits per heavy atom. The van der Waals surface area contributed by atoms with Crippen LogP contribution in [0.1, 0.15) is 51.2 Å². The van der Waals surface area contributed by atoms with Gasteiger partial charge in [-0.05, 0) is 52.5 Å². The van der Waals surface area contributed by atoms with E-state index >= 15 is 0 Å². The van der Waals surface area contributed by atoms with E-state index in [4.69, 9.17) is 4.74 Å². The SMILES string of the molecule is Cc1cccc(CNC(C)(C)C)c1OC1CCCC1O. The van der Waals surface area contributed by atoms with Gasteiger partial charge in [-0.1, -0.05) is 18.2 Å². The zero-order valence-corrected chi connectivity index (χ0v) is 13.1. The lowest BCUT2D eigenvalue weighted by molar-refractivity contribution is 0.0592. The van der Waals surface area contributed by atoms with Crippen molar-refractivity contribution in [1.82, 2.24) is 5.32 Å². The Hall–Kier alpha value is -1.06. The molecule has 0 spiro atoms. The van der Waals surface area contributed by atoms with Gasteiger partial charge in [-0.15, -0.1) is 0 Å². The van der Waals surface area contributed by atoms with Gasteiger partial charge in [0.25, 0.3) is 0 Å². The van der Waals surface area contributed by atoms with Gasteiger partial charge in [-0.25, -0.2) is 0 Å². The molecule has 1 fully saturated rings. The second-order valence-electron chi connectivity index (χ2n) is 6.82. The Bertz CT molecular complexity index is 451. The first-order valence-corrected chi connectivity index (χ1v) is 7.55. The molecule has 2 rings (SSSR count). The highest BCUT2D eigenvalue weighted by Gasteiger charge is 2.28. The van der Waals surface area contributed by atoms with Crippen molar-refractivity contribution in [1.29, 1.82) is 0 Å². The lowest BCUT2D eigenvalue weighted by Crippen LogP contribution is -2.35. The van der Waals surface area contributed by atoms with Crippen LogP contribution >= 0.6 is 0 Å². The standard InChI is InChI=1S/C17H27NO2/c1-12-7-5-8-13(11-18-17(2,3)4)16(12)20-15-10-6-9-14(15)19/h5,7-8,14-15,18-19H,6,9-11H2,1-4H3. The minimum Gasteiger partial charge on any atom is -0.487 e. The second-order valence-corrected chi connectivity index (χ2v) is 6.82. The zero-order valence-electron chi connectivity index (χ0n) is 13.1. The normalized spacial score (nSPS) is 23.1. The fourth-order valence-electron chi connectivity index (χ4n) is 2.58. The van der Waals surface area contributed by atoms with Crippen LogP contribution in [0.5, 0.6) is 5.75 Å². The second kappa shape index (κ2) is 6.15. The molecule has 0 heterocycles. The quantitative estimate of drug-likeness (QED) is 0.888. The highest BCUT2D eigenvalue weighted by atomic mass is 16.5. The highest BCUT2D eigenvalue weighted by Crippen LogP contribution is 2.30. The average Bonchev–Trinajstić information content (AvgIpc) is 2.75. The molecule has 3 heteroatoms. The molecule has 0 aromatic heterocycles. The van der Waals surface area contributed by atoms with Crippen molar-refractivity contribution in [2.75, 3.05) is 0 Å².